The molecule has 1 aliphatic carbocycles. The second-order valence-electron chi connectivity index (χ2n) is 7.68. The first kappa shape index (κ1) is 20.7. The summed E-state index contributed by atoms with van der Waals surface area (Å²) >= 11 is 1.29. The van der Waals surface area contributed by atoms with Crippen LogP contribution in [0, 0.1) is 16.0 Å². The molecule has 0 saturated heterocycles. The number of nitro groups is 1. The number of hydrogen-bond acceptors (Lipinski definition) is 5. The number of nitrogens with two attached hydrogens (primary N) is 1. The molecule has 2 aromatic carbocycles. The van der Waals surface area contributed by atoms with E-state index in [1.165, 1.54) is 17.4 Å². The molecule has 4 rings (SSSR count). The Kier molecular flexibility index (Phi) is 5.10. The van der Waals surface area contributed by atoms with Gasteiger partial charge in [0.05, 0.1) is 21.5 Å². The molecular weight excluding hydrogens is 416 g/mol. The van der Waals surface area contributed by atoms with Gasteiger partial charge >= 0.3 is 5.97 Å². The number of nitrogens with zero attached hydrogens (tertiary/aromatic N) is 1. The predicted octanol–water partition coefficient (Wildman–Crippen LogP) is 4.84. The number of primary amides is 1. The van der Waals surface area contributed by atoms with Gasteiger partial charge in [-0.15, -0.1) is 11.3 Å². The van der Waals surface area contributed by atoms with E-state index in [-0.39, 0.29) is 11.6 Å². The number of benzene rings is 2. The summed E-state index contributed by atoms with van der Waals surface area (Å²) in [4.78, 5) is 35.4. The molecule has 2 atom stereocenters. The van der Waals surface area contributed by atoms with Crippen molar-refractivity contribution in [1.29, 1.82) is 0 Å². The van der Waals surface area contributed by atoms with Crippen LogP contribution in [-0.2, 0) is 10.2 Å². The summed E-state index contributed by atoms with van der Waals surface area (Å²) in [7, 11) is 0. The van der Waals surface area contributed by atoms with E-state index in [0.717, 1.165) is 12.0 Å². The molecule has 1 heterocycles. The lowest BCUT2D eigenvalue weighted by atomic mass is 9.90. The van der Waals surface area contributed by atoms with Crippen LogP contribution in [0.15, 0.2) is 53.9 Å². The molecule has 31 heavy (non-hydrogen) atoms. The second kappa shape index (κ2) is 7.63. The minimum Gasteiger partial charge on any atom is -0.481 e. The summed E-state index contributed by atoms with van der Waals surface area (Å²) in [6.07, 6.45) is 1.40. The first-order valence-corrected chi connectivity index (χ1v) is 10.7. The molecule has 0 aliphatic heterocycles. The fourth-order valence-electron chi connectivity index (χ4n) is 4.30. The molecule has 1 amide bonds. The van der Waals surface area contributed by atoms with E-state index < -0.39 is 22.2 Å². The summed E-state index contributed by atoms with van der Waals surface area (Å²) in [6.45, 7) is 1.98. The monoisotopic (exact) mass is 436 g/mol. The van der Waals surface area contributed by atoms with Gasteiger partial charge in [0.2, 0.25) is 5.91 Å². The van der Waals surface area contributed by atoms with Crippen LogP contribution in [0.3, 0.4) is 0 Å². The van der Waals surface area contributed by atoms with Crippen LogP contribution in [0.1, 0.15) is 35.7 Å². The maximum Gasteiger partial charge on any atom is 0.314 e. The van der Waals surface area contributed by atoms with Crippen molar-refractivity contribution in [1.82, 2.24) is 0 Å². The lowest BCUT2D eigenvalue weighted by Crippen LogP contribution is -2.22. The molecule has 0 bridgehead atoms. The van der Waals surface area contributed by atoms with Gasteiger partial charge in [-0.25, -0.2) is 0 Å². The number of aliphatic carboxylic acids is 1. The minimum atomic E-state index is -0.854. The Balaban J connectivity index is 1.73. The zero-order valence-corrected chi connectivity index (χ0v) is 17.5. The highest BCUT2D eigenvalue weighted by molar-refractivity contribution is 7.14. The number of carboxylic acid groups (broad SMARTS) is 1. The molecule has 1 saturated carbocycles. The molecule has 8 heteroatoms. The first-order chi connectivity index (χ1) is 14.8. The maximum absolute atomic E-state index is 11.9. The predicted molar refractivity (Wildman–Crippen MR) is 118 cm³/mol. The molecule has 2 unspecified atom stereocenters. The van der Waals surface area contributed by atoms with Gasteiger partial charge in [-0.1, -0.05) is 43.7 Å². The lowest BCUT2D eigenvalue weighted by Gasteiger charge is -2.13. The fourth-order valence-corrected chi connectivity index (χ4v) is 5.20. The van der Waals surface area contributed by atoms with Gasteiger partial charge in [0.15, 0.2) is 0 Å². The Morgan fingerprint density at radius 2 is 1.87 bits per heavy atom. The van der Waals surface area contributed by atoms with Crippen molar-refractivity contribution in [2.45, 2.75) is 25.2 Å². The smallest absolute Gasteiger partial charge is 0.314 e. The van der Waals surface area contributed by atoms with Crippen LogP contribution >= 0.6 is 11.3 Å². The van der Waals surface area contributed by atoms with Gasteiger partial charge in [-0.3, -0.25) is 19.7 Å². The third-order valence-electron chi connectivity index (χ3n) is 6.08. The van der Waals surface area contributed by atoms with E-state index in [1.807, 2.05) is 6.92 Å². The molecule has 0 radical (unpaired) electrons. The van der Waals surface area contributed by atoms with E-state index >= 15 is 0 Å². The van der Waals surface area contributed by atoms with E-state index in [9.17, 15) is 24.8 Å². The number of rotatable bonds is 7. The molecule has 7 nitrogen and oxygen atoms in total. The molecular formula is C23H20N2O5S. The van der Waals surface area contributed by atoms with Crippen molar-refractivity contribution >= 4 is 28.9 Å². The number of thiophene rings is 1. The zero-order valence-electron chi connectivity index (χ0n) is 16.7. The Labute approximate surface area is 182 Å². The van der Waals surface area contributed by atoms with E-state index in [0.29, 0.717) is 33.6 Å². The highest BCUT2D eigenvalue weighted by Crippen LogP contribution is 2.56. The van der Waals surface area contributed by atoms with Crippen LogP contribution in [0.25, 0.3) is 21.6 Å². The lowest BCUT2D eigenvalue weighted by molar-refractivity contribution is -0.384. The number of amides is 1. The van der Waals surface area contributed by atoms with Crippen molar-refractivity contribution in [2.75, 3.05) is 0 Å². The molecule has 0 spiro atoms. The quantitative estimate of drug-likeness (QED) is 0.405. The van der Waals surface area contributed by atoms with Gasteiger partial charge in [0.25, 0.3) is 5.69 Å². The van der Waals surface area contributed by atoms with Crippen LogP contribution < -0.4 is 5.73 Å². The summed E-state index contributed by atoms with van der Waals surface area (Å²) in [6, 6.07) is 13.4. The maximum atomic E-state index is 11.9. The Bertz CT molecular complexity index is 1200. The van der Waals surface area contributed by atoms with Crippen LogP contribution in [0.4, 0.5) is 5.69 Å². The average Bonchev–Trinajstić information content (AvgIpc) is 3.31. The van der Waals surface area contributed by atoms with Gasteiger partial charge in [0.1, 0.15) is 0 Å². The SMILES string of the molecule is CCC1CC1(C(=O)O)c1ccc(-c2ccc(-c3sccc3C(N)=O)cc2[N+](=O)[O-])cc1. The Morgan fingerprint density at radius 3 is 2.42 bits per heavy atom. The highest BCUT2D eigenvalue weighted by atomic mass is 32.1. The second-order valence-corrected chi connectivity index (χ2v) is 8.60. The van der Waals surface area contributed by atoms with Gasteiger partial charge in [-0.05, 0) is 46.5 Å². The number of hydrogen-bond donors (Lipinski definition) is 2. The molecule has 158 valence electrons. The van der Waals surface area contributed by atoms with Crippen LogP contribution in [0.2, 0.25) is 0 Å². The molecule has 1 aliphatic rings. The topological polar surface area (TPSA) is 124 Å². The number of carboxylic acids is 1. The number of carbonyl (C=O) groups excluding carboxylic acids is 1. The molecule has 3 N–H and O–H groups in total. The van der Waals surface area contributed by atoms with Gasteiger partial charge in [-0.2, -0.15) is 0 Å². The van der Waals surface area contributed by atoms with Crippen molar-refractivity contribution < 1.29 is 19.6 Å². The van der Waals surface area contributed by atoms with Crippen molar-refractivity contribution in [3.8, 4) is 21.6 Å². The molecule has 1 aromatic heterocycles. The Hall–Kier alpha value is -3.52. The van der Waals surface area contributed by atoms with Gasteiger partial charge < -0.3 is 10.8 Å². The van der Waals surface area contributed by atoms with Crippen LogP contribution in [0.5, 0.6) is 0 Å². The largest absolute Gasteiger partial charge is 0.481 e. The molecule has 1 fully saturated rings. The third-order valence-corrected chi connectivity index (χ3v) is 7.04. The number of carbonyl (C=O) groups is 2. The standard InChI is InChI=1S/C23H20N2O5S/c1-2-15-12-23(15,22(27)28)16-6-3-13(4-7-16)17-8-5-14(11-19(17)25(29)30)20-18(21(24)26)9-10-31-20/h3-11,15H,2,12H2,1H3,(H2,24,26)(H,27,28). The summed E-state index contributed by atoms with van der Waals surface area (Å²) < 4.78 is 0. The molecule has 3 aromatic rings. The van der Waals surface area contributed by atoms with Crippen molar-refractivity contribution in [3.05, 3.63) is 75.2 Å². The average molecular weight is 436 g/mol. The normalized spacial score (nSPS) is 19.7. The summed E-state index contributed by atoms with van der Waals surface area (Å²) in [5.74, 6) is -1.31. The first-order valence-electron chi connectivity index (χ1n) is 9.80. The Morgan fingerprint density at radius 1 is 1.19 bits per heavy atom. The highest BCUT2D eigenvalue weighted by Gasteiger charge is 2.60. The van der Waals surface area contributed by atoms with Crippen LogP contribution in [-0.4, -0.2) is 21.9 Å². The van der Waals surface area contributed by atoms with E-state index in [4.69, 9.17) is 5.73 Å². The number of nitro benzene ring substituents is 1. The zero-order chi connectivity index (χ0) is 22.3. The van der Waals surface area contributed by atoms with E-state index in [1.54, 1.807) is 47.8 Å². The fraction of sp³-hybridized carbons (Fsp3) is 0.217. The van der Waals surface area contributed by atoms with Crippen molar-refractivity contribution in [2.24, 2.45) is 11.7 Å². The van der Waals surface area contributed by atoms with Crippen molar-refractivity contribution in [3.63, 3.8) is 0 Å². The summed E-state index contributed by atoms with van der Waals surface area (Å²) in [5.41, 5.74) is 7.09. The van der Waals surface area contributed by atoms with Gasteiger partial charge in [0, 0.05) is 10.9 Å². The summed E-state index contributed by atoms with van der Waals surface area (Å²) in [5, 5.41) is 23.2. The third kappa shape index (κ3) is 3.38. The van der Waals surface area contributed by atoms with E-state index in [2.05, 4.69) is 0 Å². The minimum absolute atomic E-state index is 0.0973.